The minimum Gasteiger partial charge on any atom is -0.478 e. The third-order valence-electron chi connectivity index (χ3n) is 3.14. The van der Waals surface area contributed by atoms with E-state index in [1.165, 1.54) is 19.2 Å². The summed E-state index contributed by atoms with van der Waals surface area (Å²) in [4.78, 5) is 11.3. The molecule has 8 heteroatoms. The van der Waals surface area contributed by atoms with Crippen LogP contribution in [0.4, 0.5) is 5.69 Å². The van der Waals surface area contributed by atoms with Gasteiger partial charge in [-0.15, -0.1) is 0 Å². The van der Waals surface area contributed by atoms with Gasteiger partial charge in [-0.05, 0) is 31.5 Å². The highest BCUT2D eigenvalue weighted by Gasteiger charge is 2.19. The van der Waals surface area contributed by atoms with Gasteiger partial charge in [0.05, 0.1) is 17.1 Å². The number of anilines is 1. The number of sulfonamides is 1. The molecule has 1 rings (SSSR count). The fourth-order valence-corrected chi connectivity index (χ4v) is 2.76. The Balaban J connectivity index is 3.09. The summed E-state index contributed by atoms with van der Waals surface area (Å²) in [6, 6.07) is 4.09. The lowest BCUT2D eigenvalue weighted by Gasteiger charge is -2.16. The normalized spacial score (nSPS) is 12.9. The Hall–Kier alpha value is -1.64. The lowest BCUT2D eigenvalue weighted by molar-refractivity contribution is 0.0697. The number of hydrogen-bond acceptors (Lipinski definition) is 5. The molecule has 0 heterocycles. The summed E-state index contributed by atoms with van der Waals surface area (Å²) in [5.41, 5.74) is 0.326. The molecule has 0 aliphatic carbocycles. The third kappa shape index (κ3) is 4.97. The summed E-state index contributed by atoms with van der Waals surface area (Å²) in [5, 5.41) is 12.3. The van der Waals surface area contributed by atoms with Crippen molar-refractivity contribution in [3.05, 3.63) is 23.8 Å². The number of methoxy groups -OCH3 is 1. The molecule has 0 aliphatic heterocycles. The van der Waals surface area contributed by atoms with Crippen LogP contribution in [-0.4, -0.2) is 45.8 Å². The van der Waals surface area contributed by atoms with Crippen molar-refractivity contribution >= 4 is 21.7 Å². The molecule has 1 unspecified atom stereocenters. The molecule has 1 aromatic rings. The van der Waals surface area contributed by atoms with Gasteiger partial charge in [-0.3, -0.25) is 0 Å². The van der Waals surface area contributed by atoms with E-state index in [0.29, 0.717) is 5.69 Å². The zero-order chi connectivity index (χ0) is 16.8. The quantitative estimate of drug-likeness (QED) is 0.593. The van der Waals surface area contributed by atoms with Crippen molar-refractivity contribution < 1.29 is 23.1 Å². The van der Waals surface area contributed by atoms with E-state index in [4.69, 9.17) is 4.74 Å². The van der Waals surface area contributed by atoms with E-state index in [2.05, 4.69) is 10.0 Å². The standard InChI is InChI=1S/C14H22N2O5S/c1-4-10(2)16-13-6-5-11(9-12(13)14(17)18)22(19,20)15-7-8-21-3/h5-6,9-10,15-16H,4,7-8H2,1-3H3,(H,17,18). The molecule has 0 aromatic heterocycles. The topological polar surface area (TPSA) is 105 Å². The Morgan fingerprint density at radius 1 is 1.41 bits per heavy atom. The second-order valence-electron chi connectivity index (χ2n) is 4.86. The number of hydrogen-bond donors (Lipinski definition) is 3. The molecule has 0 saturated carbocycles. The van der Waals surface area contributed by atoms with Gasteiger partial charge in [0.25, 0.3) is 0 Å². The molecular formula is C14H22N2O5S. The molecule has 3 N–H and O–H groups in total. The number of aromatic carboxylic acids is 1. The van der Waals surface area contributed by atoms with Crippen LogP contribution in [0, 0.1) is 0 Å². The first-order valence-corrected chi connectivity index (χ1v) is 8.42. The number of carboxylic acids is 1. The van der Waals surface area contributed by atoms with Gasteiger partial charge < -0.3 is 15.2 Å². The van der Waals surface area contributed by atoms with Crippen LogP contribution in [0.25, 0.3) is 0 Å². The monoisotopic (exact) mass is 330 g/mol. The Kier molecular flexibility index (Phi) is 6.79. The molecule has 0 fully saturated rings. The third-order valence-corrected chi connectivity index (χ3v) is 4.60. The highest BCUT2D eigenvalue weighted by molar-refractivity contribution is 7.89. The molecule has 0 saturated heterocycles. The predicted molar refractivity (Wildman–Crippen MR) is 83.8 cm³/mol. The fourth-order valence-electron chi connectivity index (χ4n) is 1.72. The molecular weight excluding hydrogens is 308 g/mol. The van der Waals surface area contributed by atoms with Crippen LogP contribution in [0.15, 0.2) is 23.1 Å². The Bertz CT molecular complexity index is 616. The SMILES string of the molecule is CCC(C)Nc1ccc(S(=O)(=O)NCCOC)cc1C(=O)O. The highest BCUT2D eigenvalue weighted by atomic mass is 32.2. The van der Waals surface area contributed by atoms with E-state index in [1.54, 1.807) is 0 Å². The van der Waals surface area contributed by atoms with Crippen LogP contribution in [0.1, 0.15) is 30.6 Å². The largest absolute Gasteiger partial charge is 0.478 e. The minimum atomic E-state index is -3.76. The maximum atomic E-state index is 12.1. The Morgan fingerprint density at radius 2 is 2.09 bits per heavy atom. The first-order valence-electron chi connectivity index (χ1n) is 6.94. The predicted octanol–water partition coefficient (Wildman–Crippen LogP) is 1.52. The van der Waals surface area contributed by atoms with Crippen molar-refractivity contribution in [2.24, 2.45) is 0 Å². The van der Waals surface area contributed by atoms with Gasteiger partial charge in [-0.2, -0.15) is 0 Å². The summed E-state index contributed by atoms with van der Waals surface area (Å²) in [5.74, 6) is -1.18. The van der Waals surface area contributed by atoms with Crippen molar-refractivity contribution in [2.75, 3.05) is 25.6 Å². The summed E-state index contributed by atoms with van der Waals surface area (Å²) < 4.78 is 31.3. The average Bonchev–Trinajstić information content (AvgIpc) is 2.47. The zero-order valence-electron chi connectivity index (χ0n) is 12.9. The molecule has 22 heavy (non-hydrogen) atoms. The van der Waals surface area contributed by atoms with Gasteiger partial charge in [-0.1, -0.05) is 6.92 Å². The molecule has 1 atom stereocenters. The summed E-state index contributed by atoms with van der Waals surface area (Å²) in [6.07, 6.45) is 0.817. The van der Waals surface area contributed by atoms with E-state index in [0.717, 1.165) is 12.5 Å². The number of ether oxygens (including phenoxy) is 1. The van der Waals surface area contributed by atoms with E-state index in [1.807, 2.05) is 13.8 Å². The first kappa shape index (κ1) is 18.4. The van der Waals surface area contributed by atoms with Gasteiger partial charge >= 0.3 is 5.97 Å². The van der Waals surface area contributed by atoms with Crippen molar-refractivity contribution in [1.82, 2.24) is 4.72 Å². The van der Waals surface area contributed by atoms with Crippen LogP contribution in [-0.2, 0) is 14.8 Å². The van der Waals surface area contributed by atoms with E-state index >= 15 is 0 Å². The Morgan fingerprint density at radius 3 is 2.64 bits per heavy atom. The molecule has 124 valence electrons. The molecule has 0 amide bonds. The van der Waals surface area contributed by atoms with Gasteiger partial charge in [-0.25, -0.2) is 17.9 Å². The molecule has 1 aromatic carbocycles. The highest BCUT2D eigenvalue weighted by Crippen LogP contribution is 2.22. The van der Waals surface area contributed by atoms with Crippen LogP contribution in [0.2, 0.25) is 0 Å². The number of nitrogens with one attached hydrogen (secondary N) is 2. The summed E-state index contributed by atoms with van der Waals surface area (Å²) in [7, 11) is -2.30. The summed E-state index contributed by atoms with van der Waals surface area (Å²) >= 11 is 0. The fraction of sp³-hybridized carbons (Fsp3) is 0.500. The van der Waals surface area contributed by atoms with Crippen molar-refractivity contribution in [3.8, 4) is 0 Å². The van der Waals surface area contributed by atoms with Crippen molar-refractivity contribution in [2.45, 2.75) is 31.2 Å². The van der Waals surface area contributed by atoms with Gasteiger partial charge in [0.1, 0.15) is 0 Å². The van der Waals surface area contributed by atoms with Gasteiger partial charge in [0.15, 0.2) is 0 Å². The number of carbonyl (C=O) groups is 1. The smallest absolute Gasteiger partial charge is 0.337 e. The van der Waals surface area contributed by atoms with Gasteiger partial charge in [0, 0.05) is 25.4 Å². The van der Waals surface area contributed by atoms with Crippen LogP contribution in [0.3, 0.4) is 0 Å². The number of carboxylic acid groups (broad SMARTS) is 1. The zero-order valence-corrected chi connectivity index (χ0v) is 13.7. The lowest BCUT2D eigenvalue weighted by atomic mass is 10.1. The van der Waals surface area contributed by atoms with Crippen LogP contribution >= 0.6 is 0 Å². The van der Waals surface area contributed by atoms with E-state index in [-0.39, 0.29) is 29.7 Å². The lowest BCUT2D eigenvalue weighted by Crippen LogP contribution is -2.27. The van der Waals surface area contributed by atoms with Crippen molar-refractivity contribution in [1.29, 1.82) is 0 Å². The van der Waals surface area contributed by atoms with Crippen LogP contribution in [0.5, 0.6) is 0 Å². The van der Waals surface area contributed by atoms with Gasteiger partial charge in [0.2, 0.25) is 10.0 Å². The second kappa shape index (κ2) is 8.11. The minimum absolute atomic E-state index is 0.0742. The summed E-state index contributed by atoms with van der Waals surface area (Å²) in [6.45, 7) is 4.24. The van der Waals surface area contributed by atoms with Crippen molar-refractivity contribution in [3.63, 3.8) is 0 Å². The molecule has 7 nitrogen and oxygen atoms in total. The van der Waals surface area contributed by atoms with E-state index in [9.17, 15) is 18.3 Å². The first-order chi connectivity index (χ1) is 10.3. The maximum Gasteiger partial charge on any atom is 0.337 e. The average molecular weight is 330 g/mol. The number of benzene rings is 1. The van der Waals surface area contributed by atoms with E-state index < -0.39 is 16.0 Å². The second-order valence-corrected chi connectivity index (χ2v) is 6.62. The number of rotatable bonds is 9. The molecule has 0 spiro atoms. The molecule has 0 bridgehead atoms. The molecule has 0 aliphatic rings. The molecule has 0 radical (unpaired) electrons. The van der Waals surface area contributed by atoms with Crippen LogP contribution < -0.4 is 10.0 Å². The maximum absolute atomic E-state index is 12.1. The Labute approximate surface area is 130 Å².